The first-order chi connectivity index (χ1) is 8.92. The number of likely N-dealkylation sites (N-methyl/N-ethyl adjacent to an activating group) is 1. The molecule has 1 aromatic carbocycles. The summed E-state index contributed by atoms with van der Waals surface area (Å²) < 4.78 is 27.2. The van der Waals surface area contributed by atoms with Gasteiger partial charge in [0.1, 0.15) is 11.6 Å². The smallest absolute Gasteiger partial charge is 0.325 e. The van der Waals surface area contributed by atoms with Crippen molar-refractivity contribution in [3.8, 4) is 0 Å². The molecule has 2 rings (SSSR count). The van der Waals surface area contributed by atoms with Gasteiger partial charge in [-0.05, 0) is 31.2 Å². The zero-order chi connectivity index (χ0) is 14.2. The fraction of sp³-hybridized carbons (Fsp3) is 0.333. The molecule has 19 heavy (non-hydrogen) atoms. The lowest BCUT2D eigenvalue weighted by molar-refractivity contribution is -0.131. The Kier molecular flexibility index (Phi) is 3.23. The van der Waals surface area contributed by atoms with E-state index in [4.69, 9.17) is 5.73 Å². The van der Waals surface area contributed by atoms with Crippen molar-refractivity contribution in [2.45, 2.75) is 12.0 Å². The quantitative estimate of drug-likeness (QED) is 0.793. The summed E-state index contributed by atoms with van der Waals surface area (Å²) in [6.07, 6.45) is -0.0116. The van der Waals surface area contributed by atoms with Crippen LogP contribution in [0.25, 0.3) is 0 Å². The highest BCUT2D eigenvalue weighted by atomic mass is 19.1. The molecule has 1 saturated heterocycles. The van der Waals surface area contributed by atoms with Crippen LogP contribution in [0.2, 0.25) is 0 Å². The normalized spacial score (nSPS) is 22.8. The SMILES string of the molecule is CN1C(=O)NC(CCN)(c2cc(F)ccc2F)C1=O. The number of hydrogen-bond acceptors (Lipinski definition) is 3. The number of carbonyl (C=O) groups is 2. The van der Waals surface area contributed by atoms with Crippen molar-refractivity contribution in [3.63, 3.8) is 0 Å². The Hall–Kier alpha value is -2.02. The minimum absolute atomic E-state index is 0.0116. The van der Waals surface area contributed by atoms with E-state index in [0.29, 0.717) is 0 Å². The van der Waals surface area contributed by atoms with Crippen LogP contribution in [0.3, 0.4) is 0 Å². The summed E-state index contributed by atoms with van der Waals surface area (Å²) >= 11 is 0. The number of benzene rings is 1. The predicted octanol–water partition coefficient (Wildman–Crippen LogP) is 0.691. The molecule has 1 unspecified atom stereocenters. The van der Waals surface area contributed by atoms with Crippen LogP contribution in [-0.2, 0) is 10.3 Å². The van der Waals surface area contributed by atoms with E-state index in [1.165, 1.54) is 7.05 Å². The van der Waals surface area contributed by atoms with Crippen molar-refractivity contribution in [1.82, 2.24) is 10.2 Å². The third kappa shape index (κ3) is 1.95. The number of rotatable bonds is 3. The van der Waals surface area contributed by atoms with Crippen molar-refractivity contribution in [1.29, 1.82) is 0 Å². The van der Waals surface area contributed by atoms with Gasteiger partial charge in [0.05, 0.1) is 0 Å². The van der Waals surface area contributed by atoms with Crippen molar-refractivity contribution < 1.29 is 18.4 Å². The van der Waals surface area contributed by atoms with Crippen LogP contribution in [0.4, 0.5) is 13.6 Å². The maximum absolute atomic E-state index is 13.9. The molecular formula is C12H13F2N3O2. The average Bonchev–Trinajstić information content (AvgIpc) is 2.58. The molecule has 0 bridgehead atoms. The van der Waals surface area contributed by atoms with E-state index in [9.17, 15) is 18.4 Å². The molecule has 1 fully saturated rings. The van der Waals surface area contributed by atoms with Crippen LogP contribution in [0, 0.1) is 11.6 Å². The second-order valence-corrected chi connectivity index (χ2v) is 4.36. The number of nitrogens with one attached hydrogen (secondary N) is 1. The fourth-order valence-corrected chi connectivity index (χ4v) is 2.23. The topological polar surface area (TPSA) is 75.4 Å². The lowest BCUT2D eigenvalue weighted by Gasteiger charge is -2.26. The second kappa shape index (κ2) is 4.58. The molecule has 3 N–H and O–H groups in total. The van der Waals surface area contributed by atoms with Crippen molar-refractivity contribution in [3.05, 3.63) is 35.4 Å². The second-order valence-electron chi connectivity index (χ2n) is 4.36. The minimum Gasteiger partial charge on any atom is -0.330 e. The van der Waals surface area contributed by atoms with E-state index >= 15 is 0 Å². The zero-order valence-corrected chi connectivity index (χ0v) is 10.2. The van der Waals surface area contributed by atoms with Gasteiger partial charge in [-0.3, -0.25) is 9.69 Å². The molecule has 1 aliphatic rings. The molecule has 7 heteroatoms. The summed E-state index contributed by atoms with van der Waals surface area (Å²) in [6, 6.07) is 2.10. The molecule has 1 atom stereocenters. The van der Waals surface area contributed by atoms with Crippen molar-refractivity contribution in [2.24, 2.45) is 5.73 Å². The van der Waals surface area contributed by atoms with Crippen LogP contribution in [0.5, 0.6) is 0 Å². The highest BCUT2D eigenvalue weighted by Crippen LogP contribution is 2.33. The van der Waals surface area contributed by atoms with Gasteiger partial charge in [-0.25, -0.2) is 13.6 Å². The van der Waals surface area contributed by atoms with Crippen LogP contribution in [0.1, 0.15) is 12.0 Å². The summed E-state index contributed by atoms with van der Waals surface area (Å²) in [4.78, 5) is 24.6. The first kappa shape index (κ1) is 13.4. The molecule has 0 radical (unpaired) electrons. The third-order valence-electron chi connectivity index (χ3n) is 3.20. The van der Waals surface area contributed by atoms with E-state index in [2.05, 4.69) is 5.32 Å². The van der Waals surface area contributed by atoms with Crippen LogP contribution in [-0.4, -0.2) is 30.4 Å². The monoisotopic (exact) mass is 269 g/mol. The molecule has 1 aromatic rings. The number of imide groups is 1. The van der Waals surface area contributed by atoms with E-state index in [-0.39, 0.29) is 18.5 Å². The number of urea groups is 1. The van der Waals surface area contributed by atoms with E-state index < -0.39 is 29.1 Å². The number of nitrogens with zero attached hydrogens (tertiary/aromatic N) is 1. The Morgan fingerprint density at radius 1 is 1.37 bits per heavy atom. The standard InChI is InChI=1S/C12H13F2N3O2/c1-17-10(18)12(4-5-15,16-11(17)19)8-6-7(13)2-3-9(8)14/h2-3,6H,4-5,15H2,1H3,(H,16,19). The maximum Gasteiger partial charge on any atom is 0.325 e. The molecule has 0 aliphatic carbocycles. The Balaban J connectivity index is 2.60. The number of carbonyl (C=O) groups excluding carboxylic acids is 2. The Morgan fingerprint density at radius 3 is 2.58 bits per heavy atom. The van der Waals surface area contributed by atoms with Gasteiger partial charge >= 0.3 is 6.03 Å². The highest BCUT2D eigenvalue weighted by molar-refractivity contribution is 6.07. The highest BCUT2D eigenvalue weighted by Gasteiger charge is 2.51. The Morgan fingerprint density at radius 2 is 2.05 bits per heavy atom. The molecule has 1 aliphatic heterocycles. The van der Waals surface area contributed by atoms with Gasteiger partial charge in [0.2, 0.25) is 0 Å². The van der Waals surface area contributed by atoms with Crippen LogP contribution in [0.15, 0.2) is 18.2 Å². The van der Waals surface area contributed by atoms with E-state index in [1.807, 2.05) is 0 Å². The summed E-state index contributed by atoms with van der Waals surface area (Å²) in [5, 5.41) is 2.40. The molecule has 0 saturated carbocycles. The van der Waals surface area contributed by atoms with Gasteiger partial charge in [-0.2, -0.15) is 0 Å². The largest absolute Gasteiger partial charge is 0.330 e. The van der Waals surface area contributed by atoms with Gasteiger partial charge < -0.3 is 11.1 Å². The molecular weight excluding hydrogens is 256 g/mol. The van der Waals surface area contributed by atoms with Gasteiger partial charge in [0.25, 0.3) is 5.91 Å². The number of halogens is 2. The first-order valence-electron chi connectivity index (χ1n) is 5.68. The Labute approximate surface area is 108 Å². The minimum atomic E-state index is -1.63. The van der Waals surface area contributed by atoms with Gasteiger partial charge in [-0.1, -0.05) is 0 Å². The lowest BCUT2D eigenvalue weighted by Crippen LogP contribution is -2.46. The fourth-order valence-electron chi connectivity index (χ4n) is 2.23. The molecule has 5 nitrogen and oxygen atoms in total. The summed E-state index contributed by atoms with van der Waals surface area (Å²) in [6.45, 7) is 0.0375. The summed E-state index contributed by atoms with van der Waals surface area (Å²) in [5.41, 5.74) is 3.59. The summed E-state index contributed by atoms with van der Waals surface area (Å²) in [5.74, 6) is -2.10. The summed E-state index contributed by atoms with van der Waals surface area (Å²) in [7, 11) is 1.27. The van der Waals surface area contributed by atoms with Gasteiger partial charge in [0.15, 0.2) is 5.54 Å². The maximum atomic E-state index is 13.9. The molecule has 0 spiro atoms. The Bertz CT molecular complexity index is 550. The number of nitrogens with two attached hydrogens (primary N) is 1. The molecule has 3 amide bonds. The third-order valence-corrected chi connectivity index (χ3v) is 3.20. The van der Waals surface area contributed by atoms with Crippen molar-refractivity contribution >= 4 is 11.9 Å². The molecule has 0 aromatic heterocycles. The van der Waals surface area contributed by atoms with E-state index in [1.54, 1.807) is 0 Å². The average molecular weight is 269 g/mol. The predicted molar refractivity (Wildman–Crippen MR) is 63.0 cm³/mol. The zero-order valence-electron chi connectivity index (χ0n) is 10.2. The van der Waals surface area contributed by atoms with Crippen molar-refractivity contribution in [2.75, 3.05) is 13.6 Å². The number of hydrogen-bond donors (Lipinski definition) is 2. The number of amides is 3. The van der Waals surface area contributed by atoms with E-state index in [0.717, 1.165) is 23.1 Å². The lowest BCUT2D eigenvalue weighted by atomic mass is 9.86. The molecule has 1 heterocycles. The first-order valence-corrected chi connectivity index (χ1v) is 5.68. The van der Waals surface area contributed by atoms with Crippen LogP contribution < -0.4 is 11.1 Å². The van der Waals surface area contributed by atoms with Gasteiger partial charge in [0, 0.05) is 12.6 Å². The van der Waals surface area contributed by atoms with Gasteiger partial charge in [-0.15, -0.1) is 0 Å². The van der Waals surface area contributed by atoms with Crippen LogP contribution >= 0.6 is 0 Å². The molecule has 102 valence electrons.